The lowest BCUT2D eigenvalue weighted by Crippen LogP contribution is -2.37. The van der Waals surface area contributed by atoms with Gasteiger partial charge in [-0.05, 0) is 18.3 Å². The maximum Gasteiger partial charge on any atom is 0.00902 e. The van der Waals surface area contributed by atoms with E-state index in [-0.39, 0.29) is 0 Å². The molecule has 1 heteroatoms. The molecule has 0 saturated heterocycles. The minimum atomic E-state index is 0.317. The first kappa shape index (κ1) is 33.0. The van der Waals surface area contributed by atoms with Crippen LogP contribution in [0.3, 0.4) is 0 Å². The predicted octanol–water partition coefficient (Wildman–Crippen LogP) is 11.5. The third-order valence-corrected chi connectivity index (χ3v) is 8.05. The van der Waals surface area contributed by atoms with E-state index in [1.165, 1.54) is 167 Å². The van der Waals surface area contributed by atoms with E-state index in [9.17, 15) is 0 Å². The van der Waals surface area contributed by atoms with Crippen molar-refractivity contribution < 1.29 is 0 Å². The van der Waals surface area contributed by atoms with Crippen molar-refractivity contribution in [3.05, 3.63) is 0 Å². The minimum absolute atomic E-state index is 0.317. The van der Waals surface area contributed by atoms with Gasteiger partial charge in [-0.2, -0.15) is 0 Å². The van der Waals surface area contributed by atoms with Crippen molar-refractivity contribution in [2.45, 2.75) is 201 Å². The summed E-state index contributed by atoms with van der Waals surface area (Å²) in [5.74, 6) is 0. The summed E-state index contributed by atoms with van der Waals surface area (Å²) in [6, 6.07) is 0.383. The zero-order valence-electron chi connectivity index (χ0n) is 24.0. The second-order valence-electron chi connectivity index (χ2n) is 11.9. The topological polar surface area (TPSA) is 26.0 Å². The molecule has 1 nitrogen and oxygen atoms in total. The monoisotopic (exact) mass is 466 g/mol. The highest BCUT2D eigenvalue weighted by molar-refractivity contribution is 4.81. The third kappa shape index (κ3) is 23.5. The van der Waals surface area contributed by atoms with Crippen LogP contribution in [0.2, 0.25) is 0 Å². The normalized spacial score (nSPS) is 13.0. The quantitative estimate of drug-likeness (QED) is 0.120. The van der Waals surface area contributed by atoms with Crippen LogP contribution in [0.15, 0.2) is 0 Å². The Bertz CT molecular complexity index is 362. The summed E-state index contributed by atoms with van der Waals surface area (Å²) < 4.78 is 0. The zero-order chi connectivity index (χ0) is 24.5. The van der Waals surface area contributed by atoms with Crippen molar-refractivity contribution in [1.29, 1.82) is 0 Å². The van der Waals surface area contributed by atoms with Gasteiger partial charge >= 0.3 is 0 Å². The van der Waals surface area contributed by atoms with Gasteiger partial charge in [0.05, 0.1) is 0 Å². The van der Waals surface area contributed by atoms with E-state index in [0.717, 1.165) is 0 Å². The lowest BCUT2D eigenvalue weighted by molar-refractivity contribution is 0.238. The standard InChI is InChI=1S/C32H67N/c1-5-7-9-11-13-15-16-17-18-19-20-21-23-25-27-29-31(33)32(3,4)30-28-26-24-22-14-12-10-8-6-2/h31H,5-30,33H2,1-4H3. The Hall–Kier alpha value is -0.0400. The molecule has 0 rings (SSSR count). The van der Waals surface area contributed by atoms with Crippen LogP contribution in [-0.2, 0) is 0 Å². The molecule has 1 atom stereocenters. The average molecular weight is 466 g/mol. The van der Waals surface area contributed by atoms with Crippen LogP contribution in [0.1, 0.15) is 195 Å². The fraction of sp³-hybridized carbons (Fsp3) is 1.00. The summed E-state index contributed by atoms with van der Waals surface area (Å²) >= 11 is 0. The van der Waals surface area contributed by atoms with Gasteiger partial charge in [0.15, 0.2) is 0 Å². The second kappa shape index (κ2) is 25.1. The first-order valence-corrected chi connectivity index (χ1v) is 15.8. The molecule has 0 heterocycles. The highest BCUT2D eigenvalue weighted by atomic mass is 14.7. The van der Waals surface area contributed by atoms with Crippen LogP contribution in [0.25, 0.3) is 0 Å². The van der Waals surface area contributed by atoms with E-state index in [1.807, 2.05) is 0 Å². The smallest absolute Gasteiger partial charge is 0.00902 e. The zero-order valence-corrected chi connectivity index (χ0v) is 24.0. The molecule has 0 amide bonds. The number of unbranched alkanes of at least 4 members (excludes halogenated alkanes) is 22. The van der Waals surface area contributed by atoms with E-state index in [2.05, 4.69) is 27.7 Å². The first-order valence-electron chi connectivity index (χ1n) is 15.8. The minimum Gasteiger partial charge on any atom is -0.327 e. The third-order valence-electron chi connectivity index (χ3n) is 8.05. The van der Waals surface area contributed by atoms with Crippen molar-refractivity contribution in [1.82, 2.24) is 0 Å². The van der Waals surface area contributed by atoms with Gasteiger partial charge in [0.25, 0.3) is 0 Å². The van der Waals surface area contributed by atoms with Crippen molar-refractivity contribution in [2.24, 2.45) is 11.1 Å². The molecular formula is C32H67N. The molecule has 1 unspecified atom stereocenters. The summed E-state index contributed by atoms with van der Waals surface area (Å²) in [7, 11) is 0. The number of rotatable bonds is 27. The molecule has 0 radical (unpaired) electrons. The lowest BCUT2D eigenvalue weighted by atomic mass is 9.78. The van der Waals surface area contributed by atoms with Crippen molar-refractivity contribution in [3.8, 4) is 0 Å². The van der Waals surface area contributed by atoms with Crippen molar-refractivity contribution in [3.63, 3.8) is 0 Å². The average Bonchev–Trinajstić information content (AvgIpc) is 2.80. The molecule has 33 heavy (non-hydrogen) atoms. The fourth-order valence-electron chi connectivity index (χ4n) is 5.20. The van der Waals surface area contributed by atoms with Crippen LogP contribution in [-0.4, -0.2) is 6.04 Å². The highest BCUT2D eigenvalue weighted by Crippen LogP contribution is 2.30. The molecule has 0 aliphatic carbocycles. The Balaban J connectivity index is 3.42. The Morgan fingerprint density at radius 2 is 0.697 bits per heavy atom. The van der Waals surface area contributed by atoms with Crippen LogP contribution < -0.4 is 5.73 Å². The van der Waals surface area contributed by atoms with Crippen molar-refractivity contribution in [2.75, 3.05) is 0 Å². The molecule has 0 aromatic carbocycles. The highest BCUT2D eigenvalue weighted by Gasteiger charge is 2.25. The van der Waals surface area contributed by atoms with Gasteiger partial charge in [-0.15, -0.1) is 0 Å². The van der Waals surface area contributed by atoms with Gasteiger partial charge in [0.1, 0.15) is 0 Å². The number of hydrogen-bond donors (Lipinski definition) is 1. The second-order valence-corrected chi connectivity index (χ2v) is 11.9. The number of hydrogen-bond acceptors (Lipinski definition) is 1. The Morgan fingerprint density at radius 1 is 0.424 bits per heavy atom. The summed E-state index contributed by atoms with van der Waals surface area (Å²) in [6.45, 7) is 9.42. The SMILES string of the molecule is CCCCCCCCCCCCCCCCCC(N)C(C)(C)CCCCCCCCCCC. The maximum atomic E-state index is 6.61. The molecule has 0 bridgehead atoms. The van der Waals surface area contributed by atoms with E-state index in [0.29, 0.717) is 11.5 Å². The lowest BCUT2D eigenvalue weighted by Gasteiger charge is -2.32. The molecule has 0 saturated carbocycles. The molecule has 0 aromatic rings. The van der Waals surface area contributed by atoms with Crippen LogP contribution >= 0.6 is 0 Å². The van der Waals surface area contributed by atoms with E-state index in [1.54, 1.807) is 0 Å². The molecule has 0 spiro atoms. The van der Waals surface area contributed by atoms with Gasteiger partial charge in [0.2, 0.25) is 0 Å². The summed E-state index contributed by atoms with van der Waals surface area (Å²) in [5, 5.41) is 0. The molecule has 0 aliphatic heterocycles. The fourth-order valence-corrected chi connectivity index (χ4v) is 5.20. The van der Waals surface area contributed by atoms with Crippen LogP contribution in [0.4, 0.5) is 0 Å². The van der Waals surface area contributed by atoms with Crippen LogP contribution in [0, 0.1) is 5.41 Å². The van der Waals surface area contributed by atoms with Gasteiger partial charge in [-0.25, -0.2) is 0 Å². The van der Waals surface area contributed by atoms with Gasteiger partial charge in [-0.1, -0.05) is 182 Å². The van der Waals surface area contributed by atoms with Crippen molar-refractivity contribution >= 4 is 0 Å². The van der Waals surface area contributed by atoms with E-state index < -0.39 is 0 Å². The molecular weight excluding hydrogens is 398 g/mol. The Kier molecular flexibility index (Phi) is 25.0. The summed E-state index contributed by atoms with van der Waals surface area (Å²) in [4.78, 5) is 0. The van der Waals surface area contributed by atoms with Gasteiger partial charge in [-0.3, -0.25) is 0 Å². The maximum absolute atomic E-state index is 6.61. The molecule has 200 valence electrons. The van der Waals surface area contributed by atoms with Gasteiger partial charge < -0.3 is 5.73 Å². The number of nitrogens with two attached hydrogens (primary N) is 1. The Morgan fingerprint density at radius 3 is 1.03 bits per heavy atom. The molecule has 0 aromatic heterocycles. The molecule has 2 N–H and O–H groups in total. The first-order chi connectivity index (χ1) is 16.0. The predicted molar refractivity (Wildman–Crippen MR) is 153 cm³/mol. The summed E-state index contributed by atoms with van der Waals surface area (Å²) in [6.07, 6.45) is 36.8. The Labute approximate surface area is 211 Å². The largest absolute Gasteiger partial charge is 0.327 e. The van der Waals surface area contributed by atoms with Gasteiger partial charge in [0, 0.05) is 6.04 Å². The molecule has 0 aliphatic rings. The molecule has 0 fully saturated rings. The van der Waals surface area contributed by atoms with E-state index >= 15 is 0 Å². The van der Waals surface area contributed by atoms with E-state index in [4.69, 9.17) is 5.73 Å². The van der Waals surface area contributed by atoms with Crippen LogP contribution in [0.5, 0.6) is 0 Å². The summed E-state index contributed by atoms with van der Waals surface area (Å²) in [5.41, 5.74) is 6.93.